The molecule has 0 fully saturated rings. The molecule has 0 aliphatic carbocycles. The van der Waals surface area contributed by atoms with E-state index in [1.807, 2.05) is 13.0 Å². The number of aryl methyl sites for hydroxylation is 1. The van der Waals surface area contributed by atoms with Crippen LogP contribution >= 0.6 is 0 Å². The van der Waals surface area contributed by atoms with Gasteiger partial charge in [-0.15, -0.1) is 0 Å². The van der Waals surface area contributed by atoms with Crippen molar-refractivity contribution >= 4 is 5.95 Å². The quantitative estimate of drug-likeness (QED) is 0.886. The van der Waals surface area contributed by atoms with Gasteiger partial charge in [0, 0.05) is 24.5 Å². The van der Waals surface area contributed by atoms with Gasteiger partial charge in [-0.25, -0.2) is 0 Å². The summed E-state index contributed by atoms with van der Waals surface area (Å²) in [6.45, 7) is 4.88. The normalized spacial score (nSPS) is 10.3. The molecule has 100 valence electrons. The lowest BCUT2D eigenvalue weighted by Gasteiger charge is -2.08. The van der Waals surface area contributed by atoms with Gasteiger partial charge in [-0.2, -0.15) is 15.0 Å². The lowest BCUT2D eigenvalue weighted by molar-refractivity contribution is 0.379. The number of ether oxygens (including phenoxy) is 1. The van der Waals surface area contributed by atoms with Gasteiger partial charge in [0.15, 0.2) is 5.82 Å². The maximum atomic E-state index is 5.11. The molecular weight excluding hydrogens is 242 g/mol. The monoisotopic (exact) mass is 259 g/mol. The van der Waals surface area contributed by atoms with Crippen molar-refractivity contribution in [3.8, 4) is 17.4 Å². The van der Waals surface area contributed by atoms with Crippen LogP contribution in [0.3, 0.4) is 0 Å². The summed E-state index contributed by atoms with van der Waals surface area (Å²) in [5.74, 6) is 1.09. The van der Waals surface area contributed by atoms with E-state index in [4.69, 9.17) is 4.74 Å². The second-order valence-corrected chi connectivity index (χ2v) is 4.09. The molecule has 19 heavy (non-hydrogen) atoms. The van der Waals surface area contributed by atoms with E-state index in [9.17, 15) is 0 Å². The van der Waals surface area contributed by atoms with Crippen LogP contribution in [0.1, 0.15) is 18.9 Å². The van der Waals surface area contributed by atoms with Gasteiger partial charge in [0.25, 0.3) is 0 Å². The first-order valence-electron chi connectivity index (χ1n) is 6.19. The highest BCUT2D eigenvalue weighted by Crippen LogP contribution is 2.21. The van der Waals surface area contributed by atoms with Crippen molar-refractivity contribution < 1.29 is 4.74 Å². The molecule has 2 aromatic rings. The summed E-state index contributed by atoms with van der Waals surface area (Å²) >= 11 is 0. The Labute approximate surface area is 112 Å². The van der Waals surface area contributed by atoms with Crippen molar-refractivity contribution in [1.82, 2.24) is 19.9 Å². The third-order valence-electron chi connectivity index (χ3n) is 2.61. The topological polar surface area (TPSA) is 72.8 Å². The van der Waals surface area contributed by atoms with Crippen molar-refractivity contribution in [1.29, 1.82) is 0 Å². The number of pyridine rings is 1. The molecule has 0 amide bonds. The Hall–Kier alpha value is -2.24. The predicted molar refractivity (Wildman–Crippen MR) is 73.1 cm³/mol. The van der Waals surface area contributed by atoms with E-state index in [2.05, 4.69) is 32.2 Å². The standard InChI is InChI=1S/C13H17N5O/c1-4-6-15-12-16-11(17-13(18-12)19-3)10-8-14-7-5-9(10)2/h5,7-8H,4,6H2,1-3H3,(H,15,16,17,18). The second-order valence-electron chi connectivity index (χ2n) is 4.09. The Bertz CT molecular complexity index is 558. The molecule has 0 radical (unpaired) electrons. The number of nitrogens with one attached hydrogen (secondary N) is 1. The molecule has 6 nitrogen and oxygen atoms in total. The molecule has 0 unspecified atom stereocenters. The van der Waals surface area contributed by atoms with Gasteiger partial charge in [0.1, 0.15) is 0 Å². The number of nitrogens with zero attached hydrogens (tertiary/aromatic N) is 4. The minimum Gasteiger partial charge on any atom is -0.467 e. The Kier molecular flexibility index (Phi) is 4.22. The van der Waals surface area contributed by atoms with Crippen LogP contribution in [-0.4, -0.2) is 33.6 Å². The molecule has 0 aliphatic heterocycles. The number of hydrogen-bond donors (Lipinski definition) is 1. The Morgan fingerprint density at radius 1 is 1.26 bits per heavy atom. The average molecular weight is 259 g/mol. The van der Waals surface area contributed by atoms with E-state index < -0.39 is 0 Å². The summed E-state index contributed by atoms with van der Waals surface area (Å²) in [6, 6.07) is 2.22. The molecule has 2 aromatic heterocycles. The maximum Gasteiger partial charge on any atom is 0.321 e. The zero-order valence-corrected chi connectivity index (χ0v) is 11.3. The minimum atomic E-state index is 0.298. The van der Waals surface area contributed by atoms with Crippen LogP contribution in [0.2, 0.25) is 0 Å². The molecule has 0 atom stereocenters. The van der Waals surface area contributed by atoms with Crippen LogP contribution in [0, 0.1) is 6.92 Å². The lowest BCUT2D eigenvalue weighted by atomic mass is 10.1. The van der Waals surface area contributed by atoms with E-state index in [1.165, 1.54) is 0 Å². The molecule has 2 heterocycles. The van der Waals surface area contributed by atoms with Gasteiger partial charge in [0.2, 0.25) is 5.95 Å². The molecule has 0 saturated carbocycles. The first-order chi connectivity index (χ1) is 9.24. The zero-order valence-electron chi connectivity index (χ0n) is 11.3. The first kappa shape index (κ1) is 13.2. The summed E-state index contributed by atoms with van der Waals surface area (Å²) in [4.78, 5) is 16.9. The van der Waals surface area contributed by atoms with Crippen molar-refractivity contribution in [3.63, 3.8) is 0 Å². The summed E-state index contributed by atoms with van der Waals surface area (Å²) in [7, 11) is 1.54. The zero-order chi connectivity index (χ0) is 13.7. The summed E-state index contributed by atoms with van der Waals surface area (Å²) < 4.78 is 5.11. The molecule has 0 aromatic carbocycles. The maximum absolute atomic E-state index is 5.11. The minimum absolute atomic E-state index is 0.298. The van der Waals surface area contributed by atoms with Crippen molar-refractivity contribution in [3.05, 3.63) is 24.0 Å². The number of rotatable bonds is 5. The molecule has 6 heteroatoms. The fourth-order valence-corrected chi connectivity index (χ4v) is 1.58. The third kappa shape index (κ3) is 3.15. The van der Waals surface area contributed by atoms with Crippen LogP contribution in [0.4, 0.5) is 5.95 Å². The first-order valence-corrected chi connectivity index (χ1v) is 6.19. The highest BCUT2D eigenvalue weighted by atomic mass is 16.5. The highest BCUT2D eigenvalue weighted by Gasteiger charge is 2.10. The number of hydrogen-bond acceptors (Lipinski definition) is 6. The molecule has 0 saturated heterocycles. The summed E-state index contributed by atoms with van der Waals surface area (Å²) in [6.07, 6.45) is 4.48. The SMILES string of the molecule is CCCNc1nc(OC)nc(-c2cnccc2C)n1. The van der Waals surface area contributed by atoms with Gasteiger partial charge in [0.05, 0.1) is 7.11 Å². The number of anilines is 1. The van der Waals surface area contributed by atoms with Crippen LogP contribution < -0.4 is 10.1 Å². The fraction of sp³-hybridized carbons (Fsp3) is 0.385. The van der Waals surface area contributed by atoms with Gasteiger partial charge >= 0.3 is 6.01 Å². The van der Waals surface area contributed by atoms with Crippen molar-refractivity contribution in [2.24, 2.45) is 0 Å². The van der Waals surface area contributed by atoms with Crippen molar-refractivity contribution in [2.75, 3.05) is 19.0 Å². The smallest absolute Gasteiger partial charge is 0.321 e. The molecular formula is C13H17N5O. The average Bonchev–Trinajstić information content (AvgIpc) is 2.45. The second kappa shape index (κ2) is 6.08. The molecule has 1 N–H and O–H groups in total. The van der Waals surface area contributed by atoms with Crippen LogP contribution in [0.5, 0.6) is 6.01 Å². The fourth-order valence-electron chi connectivity index (χ4n) is 1.58. The Morgan fingerprint density at radius 3 is 2.79 bits per heavy atom. The number of methoxy groups -OCH3 is 1. The largest absolute Gasteiger partial charge is 0.467 e. The van der Waals surface area contributed by atoms with Crippen LogP contribution in [-0.2, 0) is 0 Å². The lowest BCUT2D eigenvalue weighted by Crippen LogP contribution is -2.08. The van der Waals surface area contributed by atoms with Gasteiger partial charge in [-0.3, -0.25) is 4.98 Å². The van der Waals surface area contributed by atoms with Crippen molar-refractivity contribution in [2.45, 2.75) is 20.3 Å². The Balaban J connectivity index is 2.42. The molecule has 2 rings (SSSR count). The summed E-state index contributed by atoms with van der Waals surface area (Å²) in [5, 5.41) is 3.14. The van der Waals surface area contributed by atoms with Gasteiger partial charge < -0.3 is 10.1 Å². The molecule has 0 aliphatic rings. The van der Waals surface area contributed by atoms with E-state index in [1.54, 1.807) is 19.5 Å². The van der Waals surface area contributed by atoms with E-state index in [-0.39, 0.29) is 0 Å². The predicted octanol–water partition coefficient (Wildman–Crippen LogP) is 2.07. The molecule has 0 spiro atoms. The van der Waals surface area contributed by atoms with Crippen LogP contribution in [0.25, 0.3) is 11.4 Å². The van der Waals surface area contributed by atoms with E-state index in [0.717, 1.165) is 24.1 Å². The van der Waals surface area contributed by atoms with Gasteiger partial charge in [-0.05, 0) is 25.0 Å². The van der Waals surface area contributed by atoms with E-state index in [0.29, 0.717) is 17.8 Å². The van der Waals surface area contributed by atoms with Gasteiger partial charge in [-0.1, -0.05) is 6.92 Å². The van der Waals surface area contributed by atoms with E-state index >= 15 is 0 Å². The third-order valence-corrected chi connectivity index (χ3v) is 2.61. The van der Waals surface area contributed by atoms with Crippen LogP contribution in [0.15, 0.2) is 18.5 Å². The Morgan fingerprint density at radius 2 is 2.11 bits per heavy atom. The number of aromatic nitrogens is 4. The molecule has 0 bridgehead atoms. The highest BCUT2D eigenvalue weighted by molar-refractivity contribution is 5.59. The summed E-state index contributed by atoms with van der Waals surface area (Å²) in [5.41, 5.74) is 1.94.